The van der Waals surface area contributed by atoms with Crippen LogP contribution in [0.2, 0.25) is 0 Å². The molecule has 4 heteroatoms. The van der Waals surface area contributed by atoms with Crippen LogP contribution in [0.4, 0.5) is 0 Å². The first-order chi connectivity index (χ1) is 9.70. The van der Waals surface area contributed by atoms with Crippen LogP contribution in [0.1, 0.15) is 17.2 Å². The smallest absolute Gasteiger partial charge is 0.133 e. The number of aliphatic hydroxyl groups excluding tert-OH is 1. The van der Waals surface area contributed by atoms with Gasteiger partial charge in [0, 0.05) is 10.3 Å². The van der Waals surface area contributed by atoms with Crippen molar-refractivity contribution in [3.05, 3.63) is 63.4 Å². The van der Waals surface area contributed by atoms with Gasteiger partial charge in [0.05, 0.1) is 11.6 Å². The Morgan fingerprint density at radius 1 is 1.20 bits per heavy atom. The molecule has 0 fully saturated rings. The largest absolute Gasteiger partial charge is 0.496 e. The minimum atomic E-state index is -0.631. The highest BCUT2D eigenvalue weighted by Crippen LogP contribution is 2.35. The summed E-state index contributed by atoms with van der Waals surface area (Å²) in [6.07, 6.45) is -0.631. The number of aliphatic hydroxyl groups is 1. The number of halogens is 1. The van der Waals surface area contributed by atoms with Gasteiger partial charge in [-0.1, -0.05) is 24.3 Å². The molecule has 1 atom stereocenters. The normalized spacial score (nSPS) is 12.6. The van der Waals surface area contributed by atoms with Crippen LogP contribution >= 0.6 is 27.3 Å². The number of benzene rings is 2. The molecule has 0 aliphatic heterocycles. The Morgan fingerprint density at radius 3 is 2.75 bits per heavy atom. The van der Waals surface area contributed by atoms with Crippen molar-refractivity contribution < 1.29 is 9.84 Å². The van der Waals surface area contributed by atoms with E-state index in [9.17, 15) is 5.11 Å². The Hall–Kier alpha value is -1.36. The highest BCUT2D eigenvalue weighted by molar-refractivity contribution is 9.10. The molecular formula is C16H13BrO2S. The number of hydrogen-bond acceptors (Lipinski definition) is 3. The summed E-state index contributed by atoms with van der Waals surface area (Å²) in [6.45, 7) is 0. The Bertz CT molecular complexity index is 751. The second-order valence-electron chi connectivity index (χ2n) is 4.48. The van der Waals surface area contributed by atoms with E-state index in [1.807, 2.05) is 41.8 Å². The predicted octanol–water partition coefficient (Wildman–Crippen LogP) is 4.75. The lowest BCUT2D eigenvalue weighted by Crippen LogP contribution is -1.99. The number of ether oxygens (including phenoxy) is 1. The summed E-state index contributed by atoms with van der Waals surface area (Å²) in [7, 11) is 1.63. The molecule has 0 saturated carbocycles. The van der Waals surface area contributed by atoms with Crippen molar-refractivity contribution in [1.29, 1.82) is 0 Å². The quantitative estimate of drug-likeness (QED) is 0.739. The van der Waals surface area contributed by atoms with Crippen molar-refractivity contribution in [3.8, 4) is 5.75 Å². The van der Waals surface area contributed by atoms with Crippen molar-refractivity contribution in [1.82, 2.24) is 0 Å². The van der Waals surface area contributed by atoms with E-state index in [4.69, 9.17) is 4.74 Å². The molecule has 3 aromatic rings. The van der Waals surface area contributed by atoms with E-state index in [1.54, 1.807) is 18.4 Å². The SMILES string of the molecule is COc1ccc(C(O)c2csc3ccccc23)cc1Br. The molecule has 1 N–H and O–H groups in total. The first-order valence-corrected chi connectivity index (χ1v) is 7.85. The highest BCUT2D eigenvalue weighted by atomic mass is 79.9. The van der Waals surface area contributed by atoms with Crippen molar-refractivity contribution in [3.63, 3.8) is 0 Å². The average Bonchev–Trinajstić information content (AvgIpc) is 2.90. The summed E-state index contributed by atoms with van der Waals surface area (Å²) >= 11 is 5.11. The molecule has 1 heterocycles. The highest BCUT2D eigenvalue weighted by Gasteiger charge is 2.16. The van der Waals surface area contributed by atoms with Gasteiger partial charge in [-0.3, -0.25) is 0 Å². The third-order valence-corrected chi connectivity index (χ3v) is 4.90. The van der Waals surface area contributed by atoms with E-state index in [2.05, 4.69) is 22.0 Å². The lowest BCUT2D eigenvalue weighted by Gasteiger charge is -2.12. The Labute approximate surface area is 129 Å². The maximum Gasteiger partial charge on any atom is 0.133 e. The summed E-state index contributed by atoms with van der Waals surface area (Å²) in [5.74, 6) is 0.760. The Morgan fingerprint density at radius 2 is 2.00 bits per heavy atom. The fraction of sp³-hybridized carbons (Fsp3) is 0.125. The second kappa shape index (κ2) is 5.56. The summed E-state index contributed by atoms with van der Waals surface area (Å²) in [5.41, 5.74) is 1.80. The molecular weight excluding hydrogens is 336 g/mol. The van der Waals surface area contributed by atoms with Crippen LogP contribution in [0, 0.1) is 0 Å². The van der Waals surface area contributed by atoms with Gasteiger partial charge in [-0.25, -0.2) is 0 Å². The monoisotopic (exact) mass is 348 g/mol. The molecule has 1 unspecified atom stereocenters. The second-order valence-corrected chi connectivity index (χ2v) is 6.25. The zero-order valence-electron chi connectivity index (χ0n) is 10.8. The third-order valence-electron chi connectivity index (χ3n) is 3.30. The van der Waals surface area contributed by atoms with Crippen LogP contribution in [-0.4, -0.2) is 12.2 Å². The lowest BCUT2D eigenvalue weighted by molar-refractivity contribution is 0.222. The molecule has 3 rings (SSSR count). The fourth-order valence-electron chi connectivity index (χ4n) is 2.24. The fourth-order valence-corrected chi connectivity index (χ4v) is 3.78. The number of rotatable bonds is 3. The lowest BCUT2D eigenvalue weighted by atomic mass is 10.0. The van der Waals surface area contributed by atoms with Crippen LogP contribution in [-0.2, 0) is 0 Å². The van der Waals surface area contributed by atoms with Crippen molar-refractivity contribution in [2.45, 2.75) is 6.10 Å². The Kier molecular flexibility index (Phi) is 3.78. The summed E-state index contributed by atoms with van der Waals surface area (Å²) < 4.78 is 7.25. The minimum absolute atomic E-state index is 0.631. The van der Waals surface area contributed by atoms with Crippen LogP contribution in [0.15, 0.2) is 52.3 Å². The van der Waals surface area contributed by atoms with E-state index in [0.717, 1.165) is 26.7 Å². The molecule has 0 radical (unpaired) electrons. The standard InChI is InChI=1S/C16H13BrO2S/c1-19-14-7-6-10(8-13(14)17)16(18)12-9-20-15-5-3-2-4-11(12)15/h2-9,16,18H,1H3. The van der Waals surface area contributed by atoms with Gasteiger partial charge < -0.3 is 9.84 Å². The zero-order chi connectivity index (χ0) is 14.1. The van der Waals surface area contributed by atoms with Gasteiger partial charge >= 0.3 is 0 Å². The third kappa shape index (κ3) is 2.35. The summed E-state index contributed by atoms with van der Waals surface area (Å²) in [6, 6.07) is 13.8. The van der Waals surface area contributed by atoms with E-state index in [0.29, 0.717) is 0 Å². The van der Waals surface area contributed by atoms with E-state index < -0.39 is 6.10 Å². The summed E-state index contributed by atoms with van der Waals surface area (Å²) in [4.78, 5) is 0. The Balaban J connectivity index is 2.04. The number of thiophene rings is 1. The van der Waals surface area contributed by atoms with Gasteiger partial charge in [0.1, 0.15) is 11.9 Å². The van der Waals surface area contributed by atoms with Crippen molar-refractivity contribution >= 4 is 37.4 Å². The molecule has 0 bridgehead atoms. The topological polar surface area (TPSA) is 29.5 Å². The first-order valence-electron chi connectivity index (χ1n) is 6.18. The van der Waals surface area contributed by atoms with Crippen molar-refractivity contribution in [2.24, 2.45) is 0 Å². The molecule has 0 aliphatic rings. The van der Waals surface area contributed by atoms with E-state index >= 15 is 0 Å². The van der Waals surface area contributed by atoms with Gasteiger partial charge in [0.15, 0.2) is 0 Å². The van der Waals surface area contributed by atoms with Gasteiger partial charge in [-0.15, -0.1) is 11.3 Å². The molecule has 0 aliphatic carbocycles. The maximum atomic E-state index is 10.6. The van der Waals surface area contributed by atoms with Gasteiger partial charge in [-0.05, 0) is 50.5 Å². The molecule has 1 aromatic heterocycles. The first kappa shape index (κ1) is 13.6. The molecule has 102 valence electrons. The number of methoxy groups -OCH3 is 1. The molecule has 0 saturated heterocycles. The molecule has 0 amide bonds. The average molecular weight is 349 g/mol. The molecule has 2 aromatic carbocycles. The van der Waals surface area contributed by atoms with Crippen LogP contribution in [0.5, 0.6) is 5.75 Å². The van der Waals surface area contributed by atoms with Gasteiger partial charge in [0.25, 0.3) is 0 Å². The maximum absolute atomic E-state index is 10.6. The number of hydrogen-bond donors (Lipinski definition) is 1. The zero-order valence-corrected chi connectivity index (χ0v) is 13.2. The molecule has 20 heavy (non-hydrogen) atoms. The van der Waals surface area contributed by atoms with Crippen LogP contribution in [0.3, 0.4) is 0 Å². The summed E-state index contributed by atoms with van der Waals surface area (Å²) in [5, 5.41) is 13.7. The van der Waals surface area contributed by atoms with Gasteiger partial charge in [-0.2, -0.15) is 0 Å². The number of fused-ring (bicyclic) bond motifs is 1. The van der Waals surface area contributed by atoms with Gasteiger partial charge in [0.2, 0.25) is 0 Å². The van der Waals surface area contributed by atoms with Crippen LogP contribution in [0.25, 0.3) is 10.1 Å². The molecule has 2 nitrogen and oxygen atoms in total. The van der Waals surface area contributed by atoms with Crippen LogP contribution < -0.4 is 4.74 Å². The molecule has 0 spiro atoms. The van der Waals surface area contributed by atoms with Crippen molar-refractivity contribution in [2.75, 3.05) is 7.11 Å². The van der Waals surface area contributed by atoms with E-state index in [1.165, 1.54) is 4.70 Å². The van der Waals surface area contributed by atoms with E-state index in [-0.39, 0.29) is 0 Å². The predicted molar refractivity (Wildman–Crippen MR) is 86.6 cm³/mol. The minimum Gasteiger partial charge on any atom is -0.496 e.